The van der Waals surface area contributed by atoms with Gasteiger partial charge in [-0.15, -0.1) is 0 Å². The van der Waals surface area contributed by atoms with Gasteiger partial charge in [0.25, 0.3) is 0 Å². The largest absolute Gasteiger partial charge is 0.380 e. The van der Waals surface area contributed by atoms with E-state index in [4.69, 9.17) is 11.6 Å². The number of anilines is 1. The van der Waals surface area contributed by atoms with Crippen LogP contribution in [0.1, 0.15) is 5.56 Å². The molecule has 0 saturated heterocycles. The lowest BCUT2D eigenvalue weighted by Gasteiger charge is -2.10. The first-order chi connectivity index (χ1) is 9.25. The Morgan fingerprint density at radius 3 is 2.84 bits per heavy atom. The van der Waals surface area contributed by atoms with Gasteiger partial charge in [0.15, 0.2) is 0 Å². The average Bonchev–Trinajstić information content (AvgIpc) is 2.89. The zero-order chi connectivity index (χ0) is 13.2. The molecule has 0 fully saturated rings. The molecule has 0 amide bonds. The van der Waals surface area contributed by atoms with Crippen molar-refractivity contribution in [3.63, 3.8) is 0 Å². The van der Waals surface area contributed by atoms with E-state index in [2.05, 4.69) is 50.5 Å². The molecule has 0 bridgehead atoms. The number of fused-ring (bicyclic) bond motifs is 1. The zero-order valence-corrected chi connectivity index (χ0v) is 12.4. The summed E-state index contributed by atoms with van der Waals surface area (Å²) in [6.45, 7) is 0.747. The van der Waals surface area contributed by atoms with E-state index >= 15 is 0 Å². The third-order valence-corrected chi connectivity index (χ3v) is 4.49. The van der Waals surface area contributed by atoms with Gasteiger partial charge in [-0.05, 0) is 45.1 Å². The van der Waals surface area contributed by atoms with E-state index in [1.54, 1.807) is 0 Å². The van der Waals surface area contributed by atoms with Crippen LogP contribution in [0.2, 0.25) is 5.02 Å². The molecule has 0 aliphatic rings. The molecule has 1 heterocycles. The second kappa shape index (κ2) is 5.27. The van der Waals surface area contributed by atoms with Gasteiger partial charge in [-0.2, -0.15) is 0 Å². The number of halogens is 2. The molecular weight excluding hydrogens is 324 g/mol. The van der Waals surface area contributed by atoms with Crippen molar-refractivity contribution in [2.75, 3.05) is 5.32 Å². The van der Waals surface area contributed by atoms with Crippen LogP contribution in [-0.4, -0.2) is 4.98 Å². The van der Waals surface area contributed by atoms with Gasteiger partial charge in [0.1, 0.15) is 0 Å². The normalized spacial score (nSPS) is 10.8. The lowest BCUT2D eigenvalue weighted by Crippen LogP contribution is -2.00. The maximum absolute atomic E-state index is 6.08. The Balaban J connectivity index is 1.86. The molecule has 96 valence electrons. The minimum atomic E-state index is 0.711. The first-order valence-corrected chi connectivity index (χ1v) is 7.15. The van der Waals surface area contributed by atoms with Crippen molar-refractivity contribution in [3.05, 3.63) is 63.7 Å². The van der Waals surface area contributed by atoms with Crippen molar-refractivity contribution in [1.82, 2.24) is 4.98 Å². The van der Waals surface area contributed by atoms with Crippen LogP contribution < -0.4 is 5.32 Å². The number of hydrogen-bond donors (Lipinski definition) is 2. The molecule has 0 aliphatic carbocycles. The highest BCUT2D eigenvalue weighted by Crippen LogP contribution is 2.30. The molecule has 0 unspecified atom stereocenters. The summed E-state index contributed by atoms with van der Waals surface area (Å²) in [6.07, 6.45) is 1.96. The Bertz CT molecular complexity index is 721. The summed E-state index contributed by atoms with van der Waals surface area (Å²) in [5.74, 6) is 0. The maximum atomic E-state index is 6.08. The monoisotopic (exact) mass is 334 g/mol. The Kier molecular flexibility index (Phi) is 3.49. The Labute approximate surface area is 124 Å². The predicted molar refractivity (Wildman–Crippen MR) is 84.8 cm³/mol. The minimum Gasteiger partial charge on any atom is -0.380 e. The van der Waals surface area contributed by atoms with Gasteiger partial charge in [-0.3, -0.25) is 0 Å². The second-order valence-corrected chi connectivity index (χ2v) is 5.51. The Morgan fingerprint density at radius 1 is 1.11 bits per heavy atom. The summed E-state index contributed by atoms with van der Waals surface area (Å²) >= 11 is 9.57. The maximum Gasteiger partial charge on any atom is 0.0593 e. The molecule has 0 atom stereocenters. The third-order valence-electron chi connectivity index (χ3n) is 3.09. The number of nitrogens with one attached hydrogen (secondary N) is 2. The lowest BCUT2D eigenvalue weighted by molar-refractivity contribution is 1.15. The number of H-pyrrole nitrogens is 1. The summed E-state index contributed by atoms with van der Waals surface area (Å²) in [4.78, 5) is 3.27. The van der Waals surface area contributed by atoms with Crippen LogP contribution in [0.3, 0.4) is 0 Å². The molecule has 3 rings (SSSR count). The van der Waals surface area contributed by atoms with E-state index in [0.717, 1.165) is 16.7 Å². The van der Waals surface area contributed by atoms with E-state index in [0.29, 0.717) is 5.02 Å². The quantitative estimate of drug-likeness (QED) is 0.677. The first-order valence-electron chi connectivity index (χ1n) is 5.98. The fraction of sp³-hybridized carbons (Fsp3) is 0.0667. The van der Waals surface area contributed by atoms with Crippen LogP contribution in [0, 0.1) is 0 Å². The van der Waals surface area contributed by atoms with E-state index in [1.807, 2.05) is 24.4 Å². The van der Waals surface area contributed by atoms with Gasteiger partial charge in [0, 0.05) is 12.7 Å². The van der Waals surface area contributed by atoms with Crippen LogP contribution in [0.15, 0.2) is 53.1 Å². The summed E-state index contributed by atoms with van der Waals surface area (Å²) < 4.78 is 0.898. The van der Waals surface area contributed by atoms with E-state index in [-0.39, 0.29) is 0 Å². The van der Waals surface area contributed by atoms with E-state index < -0.39 is 0 Å². The molecule has 3 aromatic rings. The number of para-hydroxylation sites is 1. The van der Waals surface area contributed by atoms with Crippen molar-refractivity contribution in [1.29, 1.82) is 0 Å². The highest BCUT2D eigenvalue weighted by Gasteiger charge is 2.05. The SMILES string of the molecule is Clc1cccc(NCc2cccc3cc[nH]c23)c1Br. The first kappa shape index (κ1) is 12.6. The number of benzene rings is 2. The molecule has 0 aliphatic heterocycles. The second-order valence-electron chi connectivity index (χ2n) is 4.31. The van der Waals surface area contributed by atoms with Crippen LogP contribution in [0.25, 0.3) is 10.9 Å². The predicted octanol–water partition coefficient (Wildman–Crippen LogP) is 5.20. The molecule has 1 aromatic heterocycles. The van der Waals surface area contributed by atoms with Gasteiger partial charge in [0.2, 0.25) is 0 Å². The third kappa shape index (κ3) is 2.48. The smallest absolute Gasteiger partial charge is 0.0593 e. The fourth-order valence-corrected chi connectivity index (χ4v) is 2.71. The summed E-state index contributed by atoms with van der Waals surface area (Å²) in [6, 6.07) is 14.2. The topological polar surface area (TPSA) is 27.8 Å². The van der Waals surface area contributed by atoms with Gasteiger partial charge < -0.3 is 10.3 Å². The summed E-state index contributed by atoms with van der Waals surface area (Å²) in [5.41, 5.74) is 3.40. The summed E-state index contributed by atoms with van der Waals surface area (Å²) in [7, 11) is 0. The van der Waals surface area contributed by atoms with Crippen LogP contribution >= 0.6 is 27.5 Å². The Hall–Kier alpha value is -1.45. The van der Waals surface area contributed by atoms with Crippen LogP contribution in [0.5, 0.6) is 0 Å². The molecule has 0 radical (unpaired) electrons. The molecule has 4 heteroatoms. The van der Waals surface area contributed by atoms with Gasteiger partial charge in [-0.1, -0.05) is 35.9 Å². The fourth-order valence-electron chi connectivity index (χ4n) is 2.13. The summed E-state index contributed by atoms with van der Waals surface area (Å²) in [5, 5.41) is 5.34. The van der Waals surface area contributed by atoms with E-state index in [1.165, 1.54) is 16.5 Å². The van der Waals surface area contributed by atoms with Crippen molar-refractivity contribution < 1.29 is 0 Å². The highest BCUT2D eigenvalue weighted by molar-refractivity contribution is 9.10. The number of aromatic nitrogens is 1. The molecule has 0 spiro atoms. The molecule has 0 saturated carbocycles. The average molecular weight is 336 g/mol. The van der Waals surface area contributed by atoms with Crippen molar-refractivity contribution >= 4 is 44.1 Å². The molecular formula is C15H12BrClN2. The van der Waals surface area contributed by atoms with Crippen LogP contribution in [-0.2, 0) is 6.54 Å². The standard InChI is InChI=1S/C15H12BrClN2/c16-14-12(17)5-2-6-13(14)19-9-11-4-1-3-10-7-8-18-15(10)11/h1-8,18-19H,9H2. The molecule has 19 heavy (non-hydrogen) atoms. The van der Waals surface area contributed by atoms with Gasteiger partial charge in [0.05, 0.1) is 20.7 Å². The van der Waals surface area contributed by atoms with Crippen molar-refractivity contribution in [2.45, 2.75) is 6.54 Å². The minimum absolute atomic E-state index is 0.711. The van der Waals surface area contributed by atoms with E-state index in [9.17, 15) is 0 Å². The Morgan fingerprint density at radius 2 is 1.95 bits per heavy atom. The molecule has 2 aromatic carbocycles. The molecule has 2 nitrogen and oxygen atoms in total. The zero-order valence-electron chi connectivity index (χ0n) is 10.1. The lowest BCUT2D eigenvalue weighted by atomic mass is 10.1. The number of aromatic amines is 1. The molecule has 2 N–H and O–H groups in total. The number of rotatable bonds is 3. The van der Waals surface area contributed by atoms with Crippen molar-refractivity contribution in [3.8, 4) is 0 Å². The highest BCUT2D eigenvalue weighted by atomic mass is 79.9. The van der Waals surface area contributed by atoms with Crippen molar-refractivity contribution in [2.24, 2.45) is 0 Å². The van der Waals surface area contributed by atoms with Crippen LogP contribution in [0.4, 0.5) is 5.69 Å². The van der Waals surface area contributed by atoms with Gasteiger partial charge in [-0.25, -0.2) is 0 Å². The van der Waals surface area contributed by atoms with Gasteiger partial charge >= 0.3 is 0 Å². The number of hydrogen-bond acceptors (Lipinski definition) is 1.